The van der Waals surface area contributed by atoms with E-state index in [1.54, 1.807) is 24.4 Å². The van der Waals surface area contributed by atoms with E-state index in [4.69, 9.17) is 12.2 Å². The number of nitrogens with one attached hydrogen (secondary N) is 1. The molecule has 1 aliphatic heterocycles. The third-order valence-corrected chi connectivity index (χ3v) is 5.52. The lowest BCUT2D eigenvalue weighted by atomic mass is 10.1. The molecule has 1 fully saturated rings. The number of thiocarbonyl (C=S) groups is 1. The lowest BCUT2D eigenvalue weighted by Gasteiger charge is -2.37. The third-order valence-electron chi connectivity index (χ3n) is 5.16. The van der Waals surface area contributed by atoms with Crippen LogP contribution in [-0.2, 0) is 0 Å². The topological polar surface area (TPSA) is 87.4 Å². The second-order valence-electron chi connectivity index (χ2n) is 7.34. The first-order chi connectivity index (χ1) is 14.4. The van der Waals surface area contributed by atoms with Crippen molar-refractivity contribution in [3.63, 3.8) is 0 Å². The second-order valence-corrected chi connectivity index (χ2v) is 7.72. The number of aryl methyl sites for hydroxylation is 2. The van der Waals surface area contributed by atoms with E-state index in [9.17, 15) is 10.1 Å². The quantitative estimate of drug-likeness (QED) is 0.389. The summed E-state index contributed by atoms with van der Waals surface area (Å²) in [4.78, 5) is 24.3. The lowest BCUT2D eigenvalue weighted by molar-refractivity contribution is -0.382. The number of nitro benzene ring substituents is 1. The molecule has 0 unspecified atom stereocenters. The molecule has 154 valence electrons. The van der Waals surface area contributed by atoms with Gasteiger partial charge in [0.05, 0.1) is 15.8 Å². The molecule has 0 spiro atoms. The molecular formula is C21H22N6O2S. The predicted octanol–water partition coefficient (Wildman–Crippen LogP) is 3.67. The summed E-state index contributed by atoms with van der Waals surface area (Å²) >= 11 is 5.57. The third kappa shape index (κ3) is 4.02. The van der Waals surface area contributed by atoms with Crippen LogP contribution in [-0.4, -0.2) is 51.1 Å². The first kappa shape index (κ1) is 20.0. The summed E-state index contributed by atoms with van der Waals surface area (Å²) in [5.41, 5.74) is 3.40. The van der Waals surface area contributed by atoms with Crippen LogP contribution in [0.1, 0.15) is 11.3 Å². The van der Waals surface area contributed by atoms with E-state index in [0.717, 1.165) is 17.1 Å². The highest BCUT2D eigenvalue weighted by Crippen LogP contribution is 2.35. The number of aromatic nitrogens is 2. The Morgan fingerprint density at radius 3 is 2.63 bits per heavy atom. The highest BCUT2D eigenvalue weighted by atomic mass is 32.1. The summed E-state index contributed by atoms with van der Waals surface area (Å²) in [6, 6.07) is 11.1. The average molecular weight is 423 g/mol. The summed E-state index contributed by atoms with van der Waals surface area (Å²) in [6.45, 7) is 6.57. The van der Waals surface area contributed by atoms with Gasteiger partial charge in [0.2, 0.25) is 0 Å². The van der Waals surface area contributed by atoms with Crippen molar-refractivity contribution >= 4 is 45.4 Å². The Hall–Kier alpha value is -3.33. The van der Waals surface area contributed by atoms with E-state index >= 15 is 0 Å². The van der Waals surface area contributed by atoms with Gasteiger partial charge >= 0.3 is 5.69 Å². The van der Waals surface area contributed by atoms with Crippen LogP contribution in [0.3, 0.4) is 0 Å². The van der Waals surface area contributed by atoms with E-state index in [1.807, 2.05) is 36.9 Å². The molecule has 0 aliphatic carbocycles. The van der Waals surface area contributed by atoms with Crippen molar-refractivity contribution in [3.05, 3.63) is 64.0 Å². The number of anilines is 2. The van der Waals surface area contributed by atoms with Gasteiger partial charge in [-0.1, -0.05) is 0 Å². The molecule has 3 aromatic rings. The molecule has 1 aromatic carbocycles. The molecule has 2 aromatic heterocycles. The Morgan fingerprint density at radius 2 is 1.93 bits per heavy atom. The zero-order chi connectivity index (χ0) is 21.3. The molecule has 3 heterocycles. The Bertz CT molecular complexity index is 1110. The molecule has 0 radical (unpaired) electrons. The van der Waals surface area contributed by atoms with Crippen LogP contribution in [0, 0.1) is 24.0 Å². The minimum Gasteiger partial charge on any atom is -0.362 e. The molecular weight excluding hydrogens is 400 g/mol. The van der Waals surface area contributed by atoms with Gasteiger partial charge in [-0.2, -0.15) is 0 Å². The van der Waals surface area contributed by atoms with Crippen molar-refractivity contribution in [1.82, 2.24) is 14.9 Å². The number of piperazine rings is 1. The number of hydrogen-bond donors (Lipinski definition) is 1. The molecule has 4 rings (SSSR count). The number of pyridine rings is 2. The SMILES string of the molecule is Cc1cc(C)nc(NC(=S)N2CCN(c3ccc4ncccc4c3[N+](=O)[O-])CC2)c1. The Balaban J connectivity index is 1.49. The van der Waals surface area contributed by atoms with Crippen LogP contribution in [0.15, 0.2) is 42.6 Å². The van der Waals surface area contributed by atoms with Gasteiger partial charge in [-0.3, -0.25) is 15.1 Å². The van der Waals surface area contributed by atoms with Crippen molar-refractivity contribution in [2.75, 3.05) is 36.4 Å². The molecule has 9 heteroatoms. The van der Waals surface area contributed by atoms with E-state index in [2.05, 4.69) is 20.2 Å². The minimum absolute atomic E-state index is 0.106. The smallest absolute Gasteiger partial charge is 0.301 e. The Kier molecular flexibility index (Phi) is 5.45. The van der Waals surface area contributed by atoms with E-state index in [-0.39, 0.29) is 10.6 Å². The summed E-state index contributed by atoms with van der Waals surface area (Å²) < 4.78 is 0. The Labute approximate surface area is 179 Å². The van der Waals surface area contributed by atoms with Crippen molar-refractivity contribution in [3.8, 4) is 0 Å². The molecule has 8 nitrogen and oxygen atoms in total. The van der Waals surface area contributed by atoms with Gasteiger partial charge < -0.3 is 15.1 Å². The number of nitro groups is 1. The van der Waals surface area contributed by atoms with Crippen molar-refractivity contribution in [2.45, 2.75) is 13.8 Å². The van der Waals surface area contributed by atoms with E-state index < -0.39 is 0 Å². The van der Waals surface area contributed by atoms with Crippen molar-refractivity contribution in [2.24, 2.45) is 0 Å². The second kappa shape index (κ2) is 8.19. The molecule has 0 amide bonds. The van der Waals surface area contributed by atoms with Crippen LogP contribution in [0.5, 0.6) is 0 Å². The molecule has 30 heavy (non-hydrogen) atoms. The number of benzene rings is 1. The maximum Gasteiger partial charge on any atom is 0.301 e. The number of hydrogen-bond acceptors (Lipinski definition) is 6. The molecule has 1 saturated heterocycles. The monoisotopic (exact) mass is 422 g/mol. The van der Waals surface area contributed by atoms with E-state index in [1.165, 1.54) is 0 Å². The summed E-state index contributed by atoms with van der Waals surface area (Å²) in [5, 5.41) is 16.2. The first-order valence-corrected chi connectivity index (χ1v) is 10.1. The highest BCUT2D eigenvalue weighted by Gasteiger charge is 2.27. The minimum atomic E-state index is -0.316. The van der Waals surface area contributed by atoms with Crippen LogP contribution < -0.4 is 10.2 Å². The Morgan fingerprint density at radius 1 is 1.17 bits per heavy atom. The summed E-state index contributed by atoms with van der Waals surface area (Å²) in [5.74, 6) is 0.734. The zero-order valence-electron chi connectivity index (χ0n) is 16.8. The maximum atomic E-state index is 11.8. The summed E-state index contributed by atoms with van der Waals surface area (Å²) in [6.07, 6.45) is 1.64. The van der Waals surface area contributed by atoms with Crippen LogP contribution in [0.2, 0.25) is 0 Å². The van der Waals surface area contributed by atoms with Crippen LogP contribution >= 0.6 is 12.2 Å². The van der Waals surface area contributed by atoms with Crippen LogP contribution in [0.25, 0.3) is 10.9 Å². The van der Waals surface area contributed by atoms with Gasteiger partial charge in [0.25, 0.3) is 0 Å². The zero-order valence-corrected chi connectivity index (χ0v) is 17.6. The molecule has 0 saturated carbocycles. The fourth-order valence-electron chi connectivity index (χ4n) is 3.82. The van der Waals surface area contributed by atoms with Gasteiger partial charge in [-0.25, -0.2) is 4.98 Å². The van der Waals surface area contributed by atoms with Crippen molar-refractivity contribution < 1.29 is 4.92 Å². The van der Waals surface area contributed by atoms with Gasteiger partial charge in [0.1, 0.15) is 11.5 Å². The number of fused-ring (bicyclic) bond motifs is 1. The average Bonchev–Trinajstić information content (AvgIpc) is 2.72. The normalized spacial score (nSPS) is 14.1. The van der Waals surface area contributed by atoms with Gasteiger partial charge in [0.15, 0.2) is 5.11 Å². The van der Waals surface area contributed by atoms with Gasteiger partial charge in [0, 0.05) is 38.1 Å². The first-order valence-electron chi connectivity index (χ1n) is 9.70. The van der Waals surface area contributed by atoms with Gasteiger partial charge in [-0.15, -0.1) is 0 Å². The summed E-state index contributed by atoms with van der Waals surface area (Å²) in [7, 11) is 0. The fourth-order valence-corrected chi connectivity index (χ4v) is 4.10. The largest absolute Gasteiger partial charge is 0.362 e. The van der Waals surface area contributed by atoms with Gasteiger partial charge in [-0.05, 0) is 68.0 Å². The van der Waals surface area contributed by atoms with Crippen LogP contribution in [0.4, 0.5) is 17.2 Å². The standard InChI is InChI=1S/C21H22N6O2S/c1-14-12-15(2)23-19(13-14)24-21(30)26-10-8-25(9-11-26)18-6-5-17-16(4-3-7-22-17)20(18)27(28)29/h3-7,12-13H,8-11H2,1-2H3,(H,23,24,30). The molecule has 0 atom stereocenters. The number of rotatable bonds is 3. The predicted molar refractivity (Wildman–Crippen MR) is 122 cm³/mol. The highest BCUT2D eigenvalue weighted by molar-refractivity contribution is 7.80. The maximum absolute atomic E-state index is 11.8. The molecule has 1 N–H and O–H groups in total. The lowest BCUT2D eigenvalue weighted by Crippen LogP contribution is -2.50. The van der Waals surface area contributed by atoms with E-state index in [0.29, 0.717) is 47.9 Å². The number of nitrogens with zero attached hydrogens (tertiary/aromatic N) is 5. The molecule has 1 aliphatic rings. The molecule has 0 bridgehead atoms. The fraction of sp³-hybridized carbons (Fsp3) is 0.286. The van der Waals surface area contributed by atoms with Crippen molar-refractivity contribution in [1.29, 1.82) is 0 Å².